The normalized spacial score (nSPS) is 13.1. The molecule has 0 saturated heterocycles. The number of benzene rings is 1. The van der Waals surface area contributed by atoms with Crippen molar-refractivity contribution >= 4 is 32.2 Å². The van der Waals surface area contributed by atoms with E-state index in [1.807, 2.05) is 0 Å². The third-order valence-electron chi connectivity index (χ3n) is 5.17. The van der Waals surface area contributed by atoms with Crippen molar-refractivity contribution in [3.05, 3.63) is 53.9 Å². The van der Waals surface area contributed by atoms with Crippen LogP contribution in [0.3, 0.4) is 0 Å². The zero-order chi connectivity index (χ0) is 25.1. The van der Waals surface area contributed by atoms with Crippen LogP contribution < -0.4 is 0 Å². The lowest BCUT2D eigenvalue weighted by Crippen LogP contribution is -2.07. The van der Waals surface area contributed by atoms with Crippen LogP contribution in [0, 0.1) is 0 Å². The minimum atomic E-state index is -4.68. The molecule has 0 bridgehead atoms. The van der Waals surface area contributed by atoms with E-state index < -0.39 is 33.4 Å². The molecule has 0 aliphatic carbocycles. The van der Waals surface area contributed by atoms with Crippen molar-refractivity contribution in [2.24, 2.45) is 7.05 Å². The van der Waals surface area contributed by atoms with Gasteiger partial charge in [-0.05, 0) is 29.8 Å². The van der Waals surface area contributed by atoms with Gasteiger partial charge in [0, 0.05) is 11.9 Å². The minimum Gasteiger partial charge on any atom is -0.325 e. The molecule has 0 saturated carbocycles. The Morgan fingerprint density at radius 2 is 1.65 bits per heavy atom. The van der Waals surface area contributed by atoms with E-state index in [4.69, 9.17) is 0 Å². The number of hydrogen-bond donors (Lipinski definition) is 0. The molecular formula is C21H15F6N3O2S2. The topological polar surface area (TPSA) is 64.8 Å². The van der Waals surface area contributed by atoms with Crippen molar-refractivity contribution in [2.75, 3.05) is 5.75 Å². The van der Waals surface area contributed by atoms with Gasteiger partial charge in [-0.3, -0.25) is 0 Å². The van der Waals surface area contributed by atoms with Gasteiger partial charge in [0.25, 0.3) is 0 Å². The SMILES string of the molecule is CCS(=O)(=O)c1cc(-c2ccc(C(F)(F)F)cc2)sc1-c1nc2cc(C(F)(F)F)ncc2n1C. The van der Waals surface area contributed by atoms with Crippen molar-refractivity contribution in [3.8, 4) is 21.1 Å². The maximum atomic E-state index is 13.1. The molecule has 0 aliphatic heterocycles. The largest absolute Gasteiger partial charge is 0.433 e. The van der Waals surface area contributed by atoms with Crippen LogP contribution in [-0.2, 0) is 29.2 Å². The third kappa shape index (κ3) is 4.29. The van der Waals surface area contributed by atoms with E-state index >= 15 is 0 Å². The van der Waals surface area contributed by atoms with Crippen LogP contribution >= 0.6 is 11.3 Å². The van der Waals surface area contributed by atoms with Crippen LogP contribution in [0.4, 0.5) is 26.3 Å². The van der Waals surface area contributed by atoms with Crippen LogP contribution in [0.2, 0.25) is 0 Å². The average Bonchev–Trinajstić information content (AvgIpc) is 3.34. The van der Waals surface area contributed by atoms with Crippen LogP contribution in [0.15, 0.2) is 47.5 Å². The zero-order valence-corrected chi connectivity index (χ0v) is 19.1. The summed E-state index contributed by atoms with van der Waals surface area (Å²) < 4.78 is 105. The molecule has 0 atom stereocenters. The molecule has 3 aromatic heterocycles. The molecular weight excluding hydrogens is 504 g/mol. The maximum absolute atomic E-state index is 13.1. The van der Waals surface area contributed by atoms with Gasteiger partial charge in [-0.2, -0.15) is 26.3 Å². The summed E-state index contributed by atoms with van der Waals surface area (Å²) in [7, 11) is -2.29. The second kappa shape index (κ2) is 8.08. The zero-order valence-electron chi connectivity index (χ0n) is 17.5. The van der Waals surface area contributed by atoms with Gasteiger partial charge in [-0.1, -0.05) is 19.1 Å². The smallest absolute Gasteiger partial charge is 0.325 e. The number of hydrogen-bond acceptors (Lipinski definition) is 5. The Labute approximate surface area is 193 Å². The van der Waals surface area contributed by atoms with Gasteiger partial charge < -0.3 is 4.57 Å². The van der Waals surface area contributed by atoms with Gasteiger partial charge in [-0.15, -0.1) is 11.3 Å². The first-order chi connectivity index (χ1) is 15.7. The highest BCUT2D eigenvalue weighted by atomic mass is 32.2. The number of halogens is 6. The monoisotopic (exact) mass is 519 g/mol. The predicted octanol–water partition coefficient (Wildman–Crippen LogP) is 6.20. The summed E-state index contributed by atoms with van der Waals surface area (Å²) in [5.41, 5.74) is -1.39. The molecule has 5 nitrogen and oxygen atoms in total. The number of rotatable bonds is 4. The van der Waals surface area contributed by atoms with Gasteiger partial charge in [0.2, 0.25) is 0 Å². The highest BCUT2D eigenvalue weighted by Gasteiger charge is 2.34. The second-order valence-corrected chi connectivity index (χ2v) is 10.6. The van der Waals surface area contributed by atoms with Crippen molar-refractivity contribution in [2.45, 2.75) is 24.2 Å². The van der Waals surface area contributed by atoms with Crippen LogP contribution in [0.25, 0.3) is 32.2 Å². The Balaban J connectivity index is 1.90. The lowest BCUT2D eigenvalue weighted by atomic mass is 10.1. The molecule has 4 aromatic rings. The molecule has 0 radical (unpaired) electrons. The van der Waals surface area contributed by atoms with E-state index in [9.17, 15) is 34.8 Å². The fraction of sp³-hybridized carbons (Fsp3) is 0.238. The van der Waals surface area contributed by atoms with E-state index in [1.54, 1.807) is 0 Å². The fourth-order valence-electron chi connectivity index (χ4n) is 3.33. The highest BCUT2D eigenvalue weighted by molar-refractivity contribution is 7.91. The van der Waals surface area contributed by atoms with Crippen LogP contribution in [0.5, 0.6) is 0 Å². The van der Waals surface area contributed by atoms with E-state index in [0.717, 1.165) is 35.7 Å². The summed E-state index contributed by atoms with van der Waals surface area (Å²) >= 11 is 0.974. The van der Waals surface area contributed by atoms with Crippen molar-refractivity contribution in [1.82, 2.24) is 14.5 Å². The van der Waals surface area contributed by atoms with Crippen molar-refractivity contribution in [3.63, 3.8) is 0 Å². The molecule has 0 aliphatic rings. The Hall–Kier alpha value is -2.93. The number of alkyl halides is 6. The summed E-state index contributed by atoms with van der Waals surface area (Å²) in [5.74, 6) is -0.154. The molecule has 3 heterocycles. The number of thiophene rings is 1. The number of aryl methyl sites for hydroxylation is 1. The standard InChI is InChI=1S/C21H15F6N3O2S2/c1-3-34(31,32)16-9-15(11-4-6-12(7-5-11)20(22,23)24)33-18(16)19-29-13-8-17(21(25,26)27)28-10-14(13)30(19)2/h4-10H,3H2,1-2H3. The van der Waals surface area contributed by atoms with E-state index in [-0.39, 0.29) is 32.4 Å². The second-order valence-electron chi connectivity index (χ2n) is 7.33. The summed E-state index contributed by atoms with van der Waals surface area (Å²) in [6.45, 7) is 1.43. The third-order valence-corrected chi connectivity index (χ3v) is 8.23. The lowest BCUT2D eigenvalue weighted by molar-refractivity contribution is -0.141. The van der Waals surface area contributed by atoms with Crippen molar-refractivity contribution in [1.29, 1.82) is 0 Å². The quantitative estimate of drug-likeness (QED) is 0.302. The van der Waals surface area contributed by atoms with Gasteiger partial charge in [0.15, 0.2) is 15.7 Å². The molecule has 0 fully saturated rings. The molecule has 0 N–H and O–H groups in total. The number of nitrogens with zero attached hydrogens (tertiary/aromatic N) is 3. The van der Waals surface area contributed by atoms with E-state index in [1.165, 1.54) is 36.7 Å². The lowest BCUT2D eigenvalue weighted by Gasteiger charge is -2.06. The average molecular weight is 519 g/mol. The number of sulfone groups is 1. The summed E-state index contributed by atoms with van der Waals surface area (Å²) in [6.07, 6.45) is -8.19. The Morgan fingerprint density at radius 3 is 2.21 bits per heavy atom. The molecule has 0 spiro atoms. The van der Waals surface area contributed by atoms with Gasteiger partial charge in [0.1, 0.15) is 5.69 Å². The van der Waals surface area contributed by atoms with E-state index in [2.05, 4.69) is 9.97 Å². The number of imidazole rings is 1. The molecule has 1 aromatic carbocycles. The van der Waals surface area contributed by atoms with Crippen molar-refractivity contribution < 1.29 is 34.8 Å². The van der Waals surface area contributed by atoms with Gasteiger partial charge >= 0.3 is 12.4 Å². The first-order valence-electron chi connectivity index (χ1n) is 9.66. The predicted molar refractivity (Wildman–Crippen MR) is 115 cm³/mol. The van der Waals surface area contributed by atoms with Gasteiger partial charge in [0.05, 0.1) is 38.3 Å². The number of pyridine rings is 1. The minimum absolute atomic E-state index is 0.0239. The Bertz CT molecular complexity index is 1480. The highest BCUT2D eigenvalue weighted by Crippen LogP contribution is 2.42. The molecule has 180 valence electrons. The molecule has 0 amide bonds. The van der Waals surface area contributed by atoms with Gasteiger partial charge in [-0.25, -0.2) is 18.4 Å². The molecule has 0 unspecified atom stereocenters. The summed E-state index contributed by atoms with van der Waals surface area (Å²) in [4.78, 5) is 8.10. The summed E-state index contributed by atoms with van der Waals surface area (Å²) in [6, 6.07) is 6.37. The first-order valence-corrected chi connectivity index (χ1v) is 12.1. The molecule has 34 heavy (non-hydrogen) atoms. The number of aromatic nitrogens is 3. The van der Waals surface area contributed by atoms with Crippen LogP contribution in [-0.4, -0.2) is 28.7 Å². The Kier molecular flexibility index (Phi) is 5.75. The Morgan fingerprint density at radius 1 is 1.00 bits per heavy atom. The molecule has 4 rings (SSSR count). The maximum Gasteiger partial charge on any atom is 0.433 e. The first kappa shape index (κ1) is 24.2. The molecule has 13 heteroatoms. The fourth-order valence-corrected chi connectivity index (χ4v) is 5.98. The number of fused-ring (bicyclic) bond motifs is 1. The van der Waals surface area contributed by atoms with E-state index in [0.29, 0.717) is 10.4 Å². The summed E-state index contributed by atoms with van der Waals surface area (Å²) in [5, 5.41) is 0. The van der Waals surface area contributed by atoms with Crippen LogP contribution in [0.1, 0.15) is 18.2 Å².